The molecule has 0 bridgehead atoms. The molecule has 1 aromatic heterocycles. The zero-order chi connectivity index (χ0) is 17.6. The number of hydrogen-bond donors (Lipinski definition) is 0. The number of allylic oxidation sites excluding steroid dienone is 1. The van der Waals surface area contributed by atoms with Gasteiger partial charge in [-0.3, -0.25) is 13.9 Å². The standard InChI is InChI=1S/C18H20N2O4/c1-10-7-6-8-11(2)15(10)24-13-9-23-16-14(12(13)3)19(4)18(22)20(5)17(16)21/h6-8H,9H2,1-5H3. The van der Waals surface area contributed by atoms with Gasteiger partial charge in [0.1, 0.15) is 18.1 Å². The first-order chi connectivity index (χ1) is 11.3. The maximum Gasteiger partial charge on any atom is 0.331 e. The Bertz CT molecular complexity index is 959. The van der Waals surface area contributed by atoms with Crippen molar-refractivity contribution in [2.45, 2.75) is 20.8 Å². The van der Waals surface area contributed by atoms with Gasteiger partial charge in [0.25, 0.3) is 5.56 Å². The highest BCUT2D eigenvalue weighted by Gasteiger charge is 2.26. The SMILES string of the molecule is CC1=C(Oc2c(C)cccc2C)COc2c1n(C)c(=O)n(C)c2=O. The van der Waals surface area contributed by atoms with Crippen LogP contribution in [0, 0.1) is 13.8 Å². The van der Waals surface area contributed by atoms with E-state index in [-0.39, 0.29) is 12.4 Å². The highest BCUT2D eigenvalue weighted by atomic mass is 16.5. The minimum atomic E-state index is -0.432. The Morgan fingerprint density at radius 3 is 2.29 bits per heavy atom. The Hall–Kier alpha value is -2.76. The van der Waals surface area contributed by atoms with Crippen LogP contribution in [-0.4, -0.2) is 15.7 Å². The molecule has 0 fully saturated rings. The molecule has 0 atom stereocenters. The third-order valence-corrected chi connectivity index (χ3v) is 4.38. The number of aromatic nitrogens is 2. The lowest BCUT2D eigenvalue weighted by molar-refractivity contribution is 0.264. The van der Waals surface area contributed by atoms with Crippen molar-refractivity contribution in [2.24, 2.45) is 14.1 Å². The van der Waals surface area contributed by atoms with Gasteiger partial charge in [0.15, 0.2) is 0 Å². The molecule has 0 saturated heterocycles. The topological polar surface area (TPSA) is 62.5 Å². The molecule has 0 aliphatic carbocycles. The Morgan fingerprint density at radius 2 is 1.67 bits per heavy atom. The van der Waals surface area contributed by atoms with Crippen molar-refractivity contribution in [1.29, 1.82) is 0 Å². The summed E-state index contributed by atoms with van der Waals surface area (Å²) in [7, 11) is 3.06. The zero-order valence-electron chi connectivity index (χ0n) is 14.5. The fourth-order valence-electron chi connectivity index (χ4n) is 2.93. The first kappa shape index (κ1) is 16.1. The van der Waals surface area contributed by atoms with E-state index in [1.165, 1.54) is 11.6 Å². The predicted octanol–water partition coefficient (Wildman–Crippen LogP) is 1.90. The van der Waals surface area contributed by atoms with Crippen LogP contribution in [0.1, 0.15) is 23.7 Å². The van der Waals surface area contributed by atoms with Crippen molar-refractivity contribution in [3.8, 4) is 11.5 Å². The first-order valence-corrected chi connectivity index (χ1v) is 7.70. The number of ether oxygens (including phenoxy) is 2. The molecule has 0 spiro atoms. The molecule has 0 N–H and O–H groups in total. The van der Waals surface area contributed by atoms with Crippen molar-refractivity contribution in [3.05, 3.63) is 61.6 Å². The number of fused-ring (bicyclic) bond motifs is 1. The number of aryl methyl sites for hydroxylation is 2. The van der Waals surface area contributed by atoms with Crippen molar-refractivity contribution in [2.75, 3.05) is 6.61 Å². The van der Waals surface area contributed by atoms with E-state index in [2.05, 4.69) is 0 Å². The zero-order valence-corrected chi connectivity index (χ0v) is 14.5. The van der Waals surface area contributed by atoms with E-state index in [1.807, 2.05) is 39.0 Å². The van der Waals surface area contributed by atoms with E-state index in [9.17, 15) is 9.59 Å². The molecule has 0 unspecified atom stereocenters. The van der Waals surface area contributed by atoms with Crippen molar-refractivity contribution in [1.82, 2.24) is 9.13 Å². The lowest BCUT2D eigenvalue weighted by Gasteiger charge is -2.24. The molecule has 2 aromatic rings. The first-order valence-electron chi connectivity index (χ1n) is 7.70. The van der Waals surface area contributed by atoms with Gasteiger partial charge in [0.2, 0.25) is 5.75 Å². The highest BCUT2D eigenvalue weighted by molar-refractivity contribution is 5.70. The smallest absolute Gasteiger partial charge is 0.331 e. The Kier molecular flexibility index (Phi) is 3.83. The Balaban J connectivity index is 2.17. The molecule has 1 aromatic carbocycles. The Morgan fingerprint density at radius 1 is 1.04 bits per heavy atom. The summed E-state index contributed by atoms with van der Waals surface area (Å²) < 4.78 is 14.2. The van der Waals surface area contributed by atoms with Crippen LogP contribution in [0.5, 0.6) is 11.5 Å². The average Bonchev–Trinajstić information content (AvgIpc) is 2.55. The summed E-state index contributed by atoms with van der Waals surface area (Å²) in [5.41, 5.74) is 2.40. The van der Waals surface area contributed by atoms with E-state index in [0.29, 0.717) is 11.5 Å². The number of hydrogen-bond acceptors (Lipinski definition) is 4. The summed E-state index contributed by atoms with van der Waals surface area (Å²) >= 11 is 0. The number of rotatable bonds is 2. The van der Waals surface area contributed by atoms with Gasteiger partial charge in [-0.25, -0.2) is 4.79 Å². The summed E-state index contributed by atoms with van der Waals surface area (Å²) in [6.07, 6.45) is 0. The summed E-state index contributed by atoms with van der Waals surface area (Å²) in [5, 5.41) is 0. The summed E-state index contributed by atoms with van der Waals surface area (Å²) in [5.74, 6) is 1.56. The molecule has 6 nitrogen and oxygen atoms in total. The second-order valence-corrected chi connectivity index (χ2v) is 6.04. The van der Waals surface area contributed by atoms with E-state index in [1.54, 1.807) is 7.05 Å². The highest BCUT2D eigenvalue weighted by Crippen LogP contribution is 2.32. The quantitative estimate of drug-likeness (QED) is 0.845. The van der Waals surface area contributed by atoms with Gasteiger partial charge in [0.05, 0.1) is 5.69 Å². The third kappa shape index (κ3) is 2.35. The normalized spacial score (nSPS) is 13.5. The van der Waals surface area contributed by atoms with Gasteiger partial charge in [-0.05, 0) is 31.9 Å². The molecule has 1 aliphatic rings. The summed E-state index contributed by atoms with van der Waals surface area (Å²) in [6, 6.07) is 5.92. The molecule has 126 valence electrons. The molecular formula is C18H20N2O4. The minimum Gasteiger partial charge on any atom is -0.478 e. The molecule has 3 rings (SSSR count). The van der Waals surface area contributed by atoms with Gasteiger partial charge in [-0.15, -0.1) is 0 Å². The molecule has 6 heteroatoms. The van der Waals surface area contributed by atoms with Crippen molar-refractivity contribution < 1.29 is 9.47 Å². The number of nitrogens with zero attached hydrogens (tertiary/aromatic N) is 2. The number of benzene rings is 1. The molecule has 2 heterocycles. The molecule has 24 heavy (non-hydrogen) atoms. The number of para-hydroxylation sites is 1. The fourth-order valence-corrected chi connectivity index (χ4v) is 2.93. The monoisotopic (exact) mass is 328 g/mol. The third-order valence-electron chi connectivity index (χ3n) is 4.38. The maximum absolute atomic E-state index is 12.3. The van der Waals surface area contributed by atoms with Crippen LogP contribution >= 0.6 is 0 Å². The largest absolute Gasteiger partial charge is 0.478 e. The summed E-state index contributed by atoms with van der Waals surface area (Å²) in [6.45, 7) is 5.94. The second-order valence-electron chi connectivity index (χ2n) is 6.04. The van der Waals surface area contributed by atoms with Gasteiger partial charge in [-0.1, -0.05) is 18.2 Å². The average molecular weight is 328 g/mol. The molecule has 1 aliphatic heterocycles. The predicted molar refractivity (Wildman–Crippen MR) is 91.6 cm³/mol. The van der Waals surface area contributed by atoms with Gasteiger partial charge in [-0.2, -0.15) is 0 Å². The molecule has 0 radical (unpaired) electrons. The van der Waals surface area contributed by atoms with Crippen LogP contribution in [0.3, 0.4) is 0 Å². The van der Waals surface area contributed by atoms with Crippen molar-refractivity contribution >= 4 is 5.57 Å². The second kappa shape index (κ2) is 5.70. The van der Waals surface area contributed by atoms with Gasteiger partial charge < -0.3 is 9.47 Å². The van der Waals surface area contributed by atoms with E-state index >= 15 is 0 Å². The Labute approximate surface area is 139 Å². The lowest BCUT2D eigenvalue weighted by Crippen LogP contribution is -2.40. The maximum atomic E-state index is 12.3. The molecule has 0 amide bonds. The fraction of sp³-hybridized carbons (Fsp3) is 0.333. The van der Waals surface area contributed by atoms with Crippen LogP contribution in [-0.2, 0) is 14.1 Å². The van der Waals surface area contributed by atoms with Crippen LogP contribution in [0.2, 0.25) is 0 Å². The van der Waals surface area contributed by atoms with Crippen LogP contribution in [0.4, 0.5) is 0 Å². The van der Waals surface area contributed by atoms with Crippen LogP contribution in [0.15, 0.2) is 33.5 Å². The molecular weight excluding hydrogens is 308 g/mol. The van der Waals surface area contributed by atoms with Crippen molar-refractivity contribution in [3.63, 3.8) is 0 Å². The van der Waals surface area contributed by atoms with Crippen LogP contribution in [0.25, 0.3) is 5.57 Å². The van der Waals surface area contributed by atoms with E-state index in [4.69, 9.17) is 9.47 Å². The van der Waals surface area contributed by atoms with Gasteiger partial charge in [0, 0.05) is 19.7 Å². The van der Waals surface area contributed by atoms with E-state index in [0.717, 1.165) is 27.0 Å². The van der Waals surface area contributed by atoms with E-state index < -0.39 is 11.2 Å². The van der Waals surface area contributed by atoms with Crippen LogP contribution < -0.4 is 20.7 Å². The summed E-state index contributed by atoms with van der Waals surface area (Å²) in [4.78, 5) is 24.5. The lowest BCUT2D eigenvalue weighted by atomic mass is 10.1. The molecule has 0 saturated carbocycles. The minimum absolute atomic E-state index is 0.153. The van der Waals surface area contributed by atoms with Gasteiger partial charge >= 0.3 is 5.69 Å².